The van der Waals surface area contributed by atoms with Gasteiger partial charge in [0.2, 0.25) is 0 Å². The number of hydrogen-bond donors (Lipinski definition) is 2. The summed E-state index contributed by atoms with van der Waals surface area (Å²) in [6.45, 7) is 2.74. The molecule has 0 aliphatic rings. The Morgan fingerprint density at radius 2 is 2.27 bits per heavy atom. The average Bonchev–Trinajstić information content (AvgIpc) is 2.23. The Bertz CT molecular complexity index is 317. The van der Waals surface area contributed by atoms with Crippen molar-refractivity contribution in [1.82, 2.24) is 0 Å². The van der Waals surface area contributed by atoms with Gasteiger partial charge in [0.15, 0.2) is 0 Å². The van der Waals surface area contributed by atoms with E-state index in [0.717, 1.165) is 16.1 Å². The van der Waals surface area contributed by atoms with E-state index in [0.29, 0.717) is 13.2 Å². The third-order valence-corrected chi connectivity index (χ3v) is 2.48. The molecule has 1 aromatic carbocycles. The van der Waals surface area contributed by atoms with E-state index in [-0.39, 0.29) is 12.6 Å². The summed E-state index contributed by atoms with van der Waals surface area (Å²) in [6.07, 6.45) is 0. The molecule has 3 N–H and O–H groups in total. The van der Waals surface area contributed by atoms with Crippen LogP contribution in [0, 0.1) is 6.92 Å². The first kappa shape index (κ1) is 12.5. The summed E-state index contributed by atoms with van der Waals surface area (Å²) in [6, 6.07) is 5.44. The van der Waals surface area contributed by atoms with Gasteiger partial charge in [0.25, 0.3) is 0 Å². The number of hydrogen-bond acceptors (Lipinski definition) is 3. The Balaban J connectivity index is 2.41. The van der Waals surface area contributed by atoms with Crippen molar-refractivity contribution in [3.05, 3.63) is 34.3 Å². The Morgan fingerprint density at radius 1 is 1.53 bits per heavy atom. The minimum atomic E-state index is -0.307. The van der Waals surface area contributed by atoms with Crippen molar-refractivity contribution < 1.29 is 9.84 Å². The predicted octanol–water partition coefficient (Wildman–Crippen LogP) is 1.48. The van der Waals surface area contributed by atoms with Crippen LogP contribution in [0.4, 0.5) is 0 Å². The summed E-state index contributed by atoms with van der Waals surface area (Å²) in [5.41, 5.74) is 7.58. The molecule has 0 spiro atoms. The van der Waals surface area contributed by atoms with Crippen LogP contribution in [0.15, 0.2) is 18.2 Å². The quantitative estimate of drug-likeness (QED) is 0.804. The lowest BCUT2D eigenvalue weighted by molar-refractivity contribution is 0.0899. The summed E-state index contributed by atoms with van der Waals surface area (Å²) in [5.74, 6) is 0. The van der Waals surface area contributed by atoms with Crippen molar-refractivity contribution in [2.24, 2.45) is 5.73 Å². The molecular weight excluding hydrogens is 214 g/mol. The highest BCUT2D eigenvalue weighted by molar-refractivity contribution is 6.31. The number of ether oxygens (including phenoxy) is 1. The predicted molar refractivity (Wildman–Crippen MR) is 60.9 cm³/mol. The van der Waals surface area contributed by atoms with E-state index in [1.807, 2.05) is 25.1 Å². The molecule has 0 saturated carbocycles. The van der Waals surface area contributed by atoms with Crippen molar-refractivity contribution in [1.29, 1.82) is 0 Å². The van der Waals surface area contributed by atoms with E-state index in [2.05, 4.69) is 0 Å². The van der Waals surface area contributed by atoms with Crippen LogP contribution in [0.1, 0.15) is 11.1 Å². The fourth-order valence-electron chi connectivity index (χ4n) is 1.18. The van der Waals surface area contributed by atoms with Gasteiger partial charge in [-0.2, -0.15) is 0 Å². The lowest BCUT2D eigenvalue weighted by Crippen LogP contribution is -2.29. The first-order valence-electron chi connectivity index (χ1n) is 4.82. The maximum atomic E-state index is 8.69. The fourth-order valence-corrected chi connectivity index (χ4v) is 1.29. The zero-order chi connectivity index (χ0) is 11.3. The fraction of sp³-hybridized carbons (Fsp3) is 0.455. The van der Waals surface area contributed by atoms with Crippen molar-refractivity contribution >= 4 is 11.6 Å². The first-order chi connectivity index (χ1) is 7.13. The number of aryl methyl sites for hydroxylation is 1. The largest absolute Gasteiger partial charge is 0.395 e. The number of nitrogens with two attached hydrogens (primary N) is 1. The van der Waals surface area contributed by atoms with Crippen LogP contribution in [0.5, 0.6) is 0 Å². The molecule has 0 aliphatic heterocycles. The molecule has 0 amide bonds. The summed E-state index contributed by atoms with van der Waals surface area (Å²) in [7, 11) is 0. The van der Waals surface area contributed by atoms with Gasteiger partial charge in [-0.05, 0) is 24.1 Å². The summed E-state index contributed by atoms with van der Waals surface area (Å²) < 4.78 is 5.34. The second kappa shape index (κ2) is 6.08. The lowest BCUT2D eigenvalue weighted by Gasteiger charge is -2.09. The Kier molecular flexibility index (Phi) is 5.05. The molecule has 1 unspecified atom stereocenters. The van der Waals surface area contributed by atoms with Gasteiger partial charge in [0.1, 0.15) is 0 Å². The molecule has 0 heterocycles. The maximum Gasteiger partial charge on any atom is 0.0717 e. The molecule has 0 fully saturated rings. The highest BCUT2D eigenvalue weighted by atomic mass is 35.5. The van der Waals surface area contributed by atoms with Crippen LogP contribution in [0.3, 0.4) is 0 Å². The van der Waals surface area contributed by atoms with Gasteiger partial charge >= 0.3 is 0 Å². The topological polar surface area (TPSA) is 55.5 Å². The van der Waals surface area contributed by atoms with Crippen LogP contribution in [-0.2, 0) is 11.3 Å². The van der Waals surface area contributed by atoms with Gasteiger partial charge in [0, 0.05) is 5.02 Å². The minimum absolute atomic E-state index is 0.0559. The monoisotopic (exact) mass is 229 g/mol. The van der Waals surface area contributed by atoms with Crippen LogP contribution in [-0.4, -0.2) is 24.4 Å². The van der Waals surface area contributed by atoms with E-state index in [4.69, 9.17) is 27.2 Å². The van der Waals surface area contributed by atoms with Crippen molar-refractivity contribution in [3.63, 3.8) is 0 Å². The molecule has 84 valence electrons. The number of halogens is 1. The standard InChI is InChI=1S/C11H16ClNO2/c1-8-4-9(2-3-11(8)12)6-15-7-10(13)5-14/h2-4,10,14H,5-7,13H2,1H3. The normalized spacial score (nSPS) is 12.8. The number of aliphatic hydroxyl groups is 1. The number of benzene rings is 1. The molecule has 4 heteroatoms. The van der Waals surface area contributed by atoms with Crippen molar-refractivity contribution in [2.45, 2.75) is 19.6 Å². The summed E-state index contributed by atoms with van der Waals surface area (Å²) in [5, 5.41) is 9.45. The van der Waals surface area contributed by atoms with Gasteiger partial charge in [-0.15, -0.1) is 0 Å². The summed E-state index contributed by atoms with van der Waals surface area (Å²) in [4.78, 5) is 0. The Morgan fingerprint density at radius 3 is 2.87 bits per heavy atom. The third kappa shape index (κ3) is 4.18. The van der Waals surface area contributed by atoms with Crippen LogP contribution >= 0.6 is 11.6 Å². The smallest absolute Gasteiger partial charge is 0.0717 e. The zero-order valence-corrected chi connectivity index (χ0v) is 9.50. The molecule has 3 nitrogen and oxygen atoms in total. The van der Waals surface area contributed by atoms with Gasteiger partial charge in [-0.25, -0.2) is 0 Å². The molecular formula is C11H16ClNO2. The molecule has 1 atom stereocenters. The highest BCUT2D eigenvalue weighted by Gasteiger charge is 2.01. The van der Waals surface area contributed by atoms with Gasteiger partial charge in [-0.1, -0.05) is 23.7 Å². The maximum absolute atomic E-state index is 8.69. The Hall–Kier alpha value is -0.610. The molecule has 15 heavy (non-hydrogen) atoms. The van der Waals surface area contributed by atoms with Gasteiger partial charge in [0.05, 0.1) is 25.9 Å². The van der Waals surface area contributed by atoms with E-state index in [1.54, 1.807) is 0 Å². The second-order valence-corrected chi connectivity index (χ2v) is 3.95. The molecule has 0 radical (unpaired) electrons. The summed E-state index contributed by atoms with van der Waals surface area (Å²) >= 11 is 5.89. The van der Waals surface area contributed by atoms with Crippen LogP contribution in [0.2, 0.25) is 5.02 Å². The van der Waals surface area contributed by atoms with E-state index < -0.39 is 0 Å². The minimum Gasteiger partial charge on any atom is -0.395 e. The SMILES string of the molecule is Cc1cc(COCC(N)CO)ccc1Cl. The molecule has 1 rings (SSSR count). The zero-order valence-electron chi connectivity index (χ0n) is 8.74. The van der Waals surface area contributed by atoms with Crippen molar-refractivity contribution in [2.75, 3.05) is 13.2 Å². The first-order valence-corrected chi connectivity index (χ1v) is 5.20. The molecule has 0 saturated heterocycles. The van der Waals surface area contributed by atoms with Crippen molar-refractivity contribution in [3.8, 4) is 0 Å². The molecule has 0 bridgehead atoms. The average molecular weight is 230 g/mol. The van der Waals surface area contributed by atoms with Gasteiger partial charge < -0.3 is 15.6 Å². The van der Waals surface area contributed by atoms with E-state index in [9.17, 15) is 0 Å². The second-order valence-electron chi connectivity index (χ2n) is 3.54. The van der Waals surface area contributed by atoms with E-state index in [1.165, 1.54) is 0 Å². The number of aliphatic hydroxyl groups excluding tert-OH is 1. The Labute approximate surface area is 94.8 Å². The van der Waals surface area contributed by atoms with Crippen LogP contribution < -0.4 is 5.73 Å². The highest BCUT2D eigenvalue weighted by Crippen LogP contribution is 2.16. The molecule has 1 aromatic rings. The van der Waals surface area contributed by atoms with Gasteiger partial charge in [-0.3, -0.25) is 0 Å². The molecule has 0 aromatic heterocycles. The van der Waals surface area contributed by atoms with Crippen LogP contribution in [0.25, 0.3) is 0 Å². The number of rotatable bonds is 5. The lowest BCUT2D eigenvalue weighted by atomic mass is 10.1. The molecule has 0 aliphatic carbocycles. The van der Waals surface area contributed by atoms with E-state index >= 15 is 0 Å². The third-order valence-electron chi connectivity index (χ3n) is 2.06.